The van der Waals surface area contributed by atoms with E-state index in [4.69, 9.17) is 5.73 Å². The number of rotatable bonds is 2. The van der Waals surface area contributed by atoms with Gasteiger partial charge in [0.05, 0.1) is 13.1 Å². The zero-order valence-corrected chi connectivity index (χ0v) is 12.1. The number of hydrogen-bond acceptors (Lipinski definition) is 3. The molecule has 1 heterocycles. The Kier molecular flexibility index (Phi) is 3.38. The van der Waals surface area contributed by atoms with Crippen molar-refractivity contribution in [2.45, 2.75) is 19.4 Å². The number of aliphatic hydroxyl groups is 1. The fraction of sp³-hybridized carbons (Fsp3) is 0.462. The summed E-state index contributed by atoms with van der Waals surface area (Å²) in [4.78, 5) is 13.8. The van der Waals surface area contributed by atoms with E-state index in [1.165, 1.54) is 0 Å². The van der Waals surface area contributed by atoms with Crippen molar-refractivity contribution in [3.8, 4) is 0 Å². The molecule has 98 valence electrons. The first-order chi connectivity index (χ1) is 8.33. The minimum absolute atomic E-state index is 0.0838. The van der Waals surface area contributed by atoms with Crippen LogP contribution >= 0.6 is 15.9 Å². The number of benzene rings is 1. The van der Waals surface area contributed by atoms with Gasteiger partial charge in [-0.2, -0.15) is 0 Å². The third-order valence-corrected chi connectivity index (χ3v) is 4.26. The van der Waals surface area contributed by atoms with Crippen LogP contribution in [0.1, 0.15) is 24.2 Å². The van der Waals surface area contributed by atoms with E-state index in [0.29, 0.717) is 24.3 Å². The Labute approximate surface area is 115 Å². The molecule has 1 aliphatic heterocycles. The van der Waals surface area contributed by atoms with E-state index in [1.54, 1.807) is 23.1 Å². The monoisotopic (exact) mass is 312 g/mol. The first-order valence-electron chi connectivity index (χ1n) is 5.90. The van der Waals surface area contributed by atoms with Gasteiger partial charge in [-0.3, -0.25) is 4.79 Å². The number of hydrogen-bond donors (Lipinski definition) is 2. The lowest BCUT2D eigenvalue weighted by Crippen LogP contribution is -2.65. The second-order valence-corrected chi connectivity index (χ2v) is 6.01. The summed E-state index contributed by atoms with van der Waals surface area (Å²) in [6, 6.07) is 5.14. The lowest BCUT2D eigenvalue weighted by molar-refractivity contribution is -0.110. The summed E-state index contributed by atoms with van der Waals surface area (Å²) in [5.74, 6) is 0.0658. The summed E-state index contributed by atoms with van der Waals surface area (Å²) in [5.41, 5.74) is 6.11. The van der Waals surface area contributed by atoms with Crippen LogP contribution in [-0.2, 0) is 0 Å². The molecule has 1 saturated heterocycles. The number of carbonyl (C=O) groups is 1. The number of carbonyl (C=O) groups excluding carboxylic acids is 1. The molecule has 0 radical (unpaired) electrons. The van der Waals surface area contributed by atoms with Crippen molar-refractivity contribution in [2.24, 2.45) is 5.92 Å². The molecule has 0 aliphatic carbocycles. The molecule has 2 rings (SSSR count). The molecule has 0 bridgehead atoms. The number of halogens is 1. The highest BCUT2D eigenvalue weighted by Gasteiger charge is 2.45. The number of β-amino-alcohol motifs (C(OH)–C–C–N with tert-alkyl or cyclic N) is 1. The molecule has 1 aromatic rings. The van der Waals surface area contributed by atoms with Crippen molar-refractivity contribution in [3.05, 3.63) is 28.2 Å². The Bertz CT molecular complexity index is 482. The predicted molar refractivity (Wildman–Crippen MR) is 74.2 cm³/mol. The molecule has 0 spiro atoms. The summed E-state index contributed by atoms with van der Waals surface area (Å²) in [7, 11) is 0. The molecule has 3 N–H and O–H groups in total. The molecular weight excluding hydrogens is 296 g/mol. The van der Waals surface area contributed by atoms with Gasteiger partial charge in [-0.05, 0) is 40.0 Å². The van der Waals surface area contributed by atoms with Gasteiger partial charge in [-0.25, -0.2) is 0 Å². The van der Waals surface area contributed by atoms with Crippen molar-refractivity contribution < 1.29 is 9.90 Å². The third-order valence-electron chi connectivity index (χ3n) is 3.53. The van der Waals surface area contributed by atoms with Crippen LogP contribution in [0.25, 0.3) is 0 Å². The second kappa shape index (κ2) is 4.55. The quantitative estimate of drug-likeness (QED) is 0.819. The van der Waals surface area contributed by atoms with Gasteiger partial charge in [0, 0.05) is 15.7 Å². The molecule has 4 nitrogen and oxygen atoms in total. The van der Waals surface area contributed by atoms with Gasteiger partial charge in [0.1, 0.15) is 5.60 Å². The normalized spacial score (nSPS) is 17.7. The van der Waals surface area contributed by atoms with Gasteiger partial charge in [0.25, 0.3) is 5.91 Å². The molecule has 0 unspecified atom stereocenters. The minimum Gasteiger partial charge on any atom is -0.398 e. The van der Waals surface area contributed by atoms with E-state index in [2.05, 4.69) is 15.9 Å². The van der Waals surface area contributed by atoms with Crippen molar-refractivity contribution >= 4 is 27.5 Å². The maximum absolute atomic E-state index is 12.1. The first kappa shape index (κ1) is 13.4. The lowest BCUT2D eigenvalue weighted by Gasteiger charge is -2.49. The number of nitrogens with two attached hydrogens (primary N) is 1. The average molecular weight is 313 g/mol. The molecule has 1 aliphatic rings. The fourth-order valence-corrected chi connectivity index (χ4v) is 2.23. The van der Waals surface area contributed by atoms with E-state index in [0.717, 1.165) is 4.47 Å². The molecule has 0 atom stereocenters. The zero-order chi connectivity index (χ0) is 13.5. The van der Waals surface area contributed by atoms with Gasteiger partial charge in [-0.15, -0.1) is 0 Å². The largest absolute Gasteiger partial charge is 0.398 e. The van der Waals surface area contributed by atoms with Gasteiger partial charge in [-0.1, -0.05) is 13.8 Å². The fourth-order valence-electron chi connectivity index (χ4n) is 1.98. The average Bonchev–Trinajstić information content (AvgIpc) is 2.27. The smallest absolute Gasteiger partial charge is 0.254 e. The van der Waals surface area contributed by atoms with Crippen LogP contribution in [0.2, 0.25) is 0 Å². The standard InChI is InChI=1S/C13H17BrN2O2/c1-8(2)13(18)6-16(7-13)12(17)9-3-4-10(14)11(15)5-9/h3-5,8,18H,6-7,15H2,1-2H3. The van der Waals surface area contributed by atoms with E-state index >= 15 is 0 Å². The van der Waals surface area contributed by atoms with Gasteiger partial charge in [0.2, 0.25) is 0 Å². The summed E-state index contributed by atoms with van der Waals surface area (Å²) in [6.07, 6.45) is 0. The number of nitrogen functional groups attached to an aromatic ring is 1. The lowest BCUT2D eigenvalue weighted by atomic mass is 9.82. The number of likely N-dealkylation sites (tertiary alicyclic amines) is 1. The van der Waals surface area contributed by atoms with E-state index in [-0.39, 0.29) is 11.8 Å². The highest BCUT2D eigenvalue weighted by Crippen LogP contribution is 2.30. The molecule has 1 amide bonds. The van der Waals surface area contributed by atoms with Gasteiger partial charge >= 0.3 is 0 Å². The van der Waals surface area contributed by atoms with Crippen LogP contribution in [0.5, 0.6) is 0 Å². The van der Waals surface area contributed by atoms with Crippen molar-refractivity contribution in [1.29, 1.82) is 0 Å². The maximum atomic E-state index is 12.1. The number of amides is 1. The SMILES string of the molecule is CC(C)C1(O)CN(C(=O)c2ccc(Br)c(N)c2)C1. The second-order valence-electron chi connectivity index (χ2n) is 5.16. The van der Waals surface area contributed by atoms with E-state index < -0.39 is 5.60 Å². The summed E-state index contributed by atoms with van der Waals surface area (Å²) < 4.78 is 0.779. The van der Waals surface area contributed by atoms with Crippen molar-refractivity contribution in [3.63, 3.8) is 0 Å². The van der Waals surface area contributed by atoms with Crippen molar-refractivity contribution in [2.75, 3.05) is 18.8 Å². The van der Waals surface area contributed by atoms with Crippen LogP contribution in [0.4, 0.5) is 5.69 Å². The summed E-state index contributed by atoms with van der Waals surface area (Å²) >= 11 is 3.29. The number of anilines is 1. The Balaban J connectivity index is 2.08. The Morgan fingerprint density at radius 3 is 2.61 bits per heavy atom. The van der Waals surface area contributed by atoms with Crippen LogP contribution in [-0.4, -0.2) is 34.6 Å². The molecule has 5 heteroatoms. The van der Waals surface area contributed by atoms with Crippen LogP contribution < -0.4 is 5.73 Å². The minimum atomic E-state index is -0.740. The molecule has 0 saturated carbocycles. The highest BCUT2D eigenvalue weighted by atomic mass is 79.9. The molecule has 1 fully saturated rings. The van der Waals surface area contributed by atoms with E-state index in [9.17, 15) is 9.90 Å². The molecule has 18 heavy (non-hydrogen) atoms. The Morgan fingerprint density at radius 1 is 1.50 bits per heavy atom. The summed E-state index contributed by atoms with van der Waals surface area (Å²) in [6.45, 7) is 4.69. The summed E-state index contributed by atoms with van der Waals surface area (Å²) in [5, 5.41) is 10.1. The molecule has 1 aromatic carbocycles. The van der Waals surface area contributed by atoms with Crippen LogP contribution in [0, 0.1) is 5.92 Å². The van der Waals surface area contributed by atoms with Gasteiger partial charge in [0.15, 0.2) is 0 Å². The molecular formula is C13H17BrN2O2. The third kappa shape index (κ3) is 2.24. The zero-order valence-electron chi connectivity index (χ0n) is 10.5. The maximum Gasteiger partial charge on any atom is 0.254 e. The highest BCUT2D eigenvalue weighted by molar-refractivity contribution is 9.10. The molecule has 0 aromatic heterocycles. The van der Waals surface area contributed by atoms with Crippen molar-refractivity contribution in [1.82, 2.24) is 4.90 Å². The van der Waals surface area contributed by atoms with E-state index in [1.807, 2.05) is 13.8 Å². The first-order valence-corrected chi connectivity index (χ1v) is 6.69. The van der Waals surface area contributed by atoms with Gasteiger partial charge < -0.3 is 15.7 Å². The van der Waals surface area contributed by atoms with Crippen LogP contribution in [0.15, 0.2) is 22.7 Å². The number of nitrogens with zero attached hydrogens (tertiary/aromatic N) is 1. The Morgan fingerprint density at radius 2 is 2.11 bits per heavy atom. The Hall–Kier alpha value is -1.07. The predicted octanol–water partition coefficient (Wildman–Crippen LogP) is 1.87. The van der Waals surface area contributed by atoms with Crippen LogP contribution in [0.3, 0.4) is 0 Å². The topological polar surface area (TPSA) is 66.6 Å².